The smallest absolute Gasteiger partial charge is 0.255 e. The Morgan fingerprint density at radius 1 is 1.19 bits per heavy atom. The van der Waals surface area contributed by atoms with Crippen LogP contribution in [0, 0.1) is 13.8 Å². The molecule has 0 unspecified atom stereocenters. The number of nitrogen functional groups attached to an aromatic ring is 1. The summed E-state index contributed by atoms with van der Waals surface area (Å²) >= 11 is 1.38. The number of fused-ring (bicyclic) bond motifs is 1. The second-order valence-electron chi connectivity index (χ2n) is 4.96. The molecule has 0 bridgehead atoms. The summed E-state index contributed by atoms with van der Waals surface area (Å²) < 4.78 is 0.918. The van der Waals surface area contributed by atoms with E-state index in [9.17, 15) is 4.79 Å². The number of anilines is 2. The molecule has 21 heavy (non-hydrogen) atoms. The van der Waals surface area contributed by atoms with E-state index in [0.717, 1.165) is 27.0 Å². The van der Waals surface area contributed by atoms with E-state index in [0.29, 0.717) is 10.7 Å². The Bertz CT molecular complexity index is 818. The molecule has 1 heterocycles. The Kier molecular flexibility index (Phi) is 3.35. The van der Waals surface area contributed by atoms with Crippen LogP contribution in [0.1, 0.15) is 21.5 Å². The highest BCUT2D eigenvalue weighted by molar-refractivity contribution is 7.22. The van der Waals surface area contributed by atoms with Gasteiger partial charge in [0.25, 0.3) is 5.91 Å². The van der Waals surface area contributed by atoms with Crippen molar-refractivity contribution in [3.05, 3.63) is 53.1 Å². The number of nitrogens with two attached hydrogens (primary N) is 1. The molecule has 5 heteroatoms. The molecule has 0 aliphatic heterocycles. The van der Waals surface area contributed by atoms with Crippen LogP contribution in [0.15, 0.2) is 36.4 Å². The number of aryl methyl sites for hydroxylation is 2. The third-order valence-electron chi connectivity index (χ3n) is 3.39. The van der Waals surface area contributed by atoms with Crippen LogP contribution in [-0.4, -0.2) is 10.9 Å². The minimum Gasteiger partial charge on any atom is -0.375 e. The standard InChI is InChI=1S/C16H15N3OS/c1-9-4-3-5-10(2)14(9)19-15(20)11-6-7-12-13(8-11)21-16(17)18-12/h3-8H,1-2H3,(H2,17,18)(H,19,20). The number of benzene rings is 2. The molecular formula is C16H15N3OS. The highest BCUT2D eigenvalue weighted by Gasteiger charge is 2.11. The molecule has 0 spiro atoms. The number of thiazole rings is 1. The minimum absolute atomic E-state index is 0.124. The summed E-state index contributed by atoms with van der Waals surface area (Å²) in [4.78, 5) is 16.6. The zero-order chi connectivity index (χ0) is 15.0. The Labute approximate surface area is 126 Å². The molecule has 0 aliphatic carbocycles. The van der Waals surface area contributed by atoms with Crippen molar-refractivity contribution in [2.75, 3.05) is 11.1 Å². The maximum atomic E-state index is 12.4. The predicted molar refractivity (Wildman–Crippen MR) is 87.9 cm³/mol. The van der Waals surface area contributed by atoms with E-state index in [-0.39, 0.29) is 5.91 Å². The van der Waals surface area contributed by atoms with E-state index in [2.05, 4.69) is 10.3 Å². The van der Waals surface area contributed by atoms with Gasteiger partial charge in [0.1, 0.15) is 0 Å². The fourth-order valence-electron chi connectivity index (χ4n) is 2.28. The first kappa shape index (κ1) is 13.6. The molecular weight excluding hydrogens is 282 g/mol. The SMILES string of the molecule is Cc1cccc(C)c1NC(=O)c1ccc2nc(N)sc2c1. The van der Waals surface area contributed by atoms with Crippen LogP contribution >= 0.6 is 11.3 Å². The first-order chi connectivity index (χ1) is 10.0. The van der Waals surface area contributed by atoms with Gasteiger partial charge in [0.15, 0.2) is 5.13 Å². The summed E-state index contributed by atoms with van der Waals surface area (Å²) in [5, 5.41) is 3.49. The molecule has 4 nitrogen and oxygen atoms in total. The molecule has 0 aliphatic rings. The summed E-state index contributed by atoms with van der Waals surface area (Å²) in [6, 6.07) is 11.4. The highest BCUT2D eigenvalue weighted by atomic mass is 32.1. The van der Waals surface area contributed by atoms with E-state index in [1.807, 2.05) is 44.2 Å². The highest BCUT2D eigenvalue weighted by Crippen LogP contribution is 2.26. The zero-order valence-corrected chi connectivity index (χ0v) is 12.6. The lowest BCUT2D eigenvalue weighted by Crippen LogP contribution is -2.13. The second kappa shape index (κ2) is 5.18. The lowest BCUT2D eigenvalue weighted by atomic mass is 10.1. The number of nitrogens with zero attached hydrogens (tertiary/aromatic N) is 1. The first-order valence-electron chi connectivity index (χ1n) is 6.58. The third kappa shape index (κ3) is 2.60. The number of carbonyl (C=O) groups is 1. The fraction of sp³-hybridized carbons (Fsp3) is 0.125. The molecule has 0 radical (unpaired) electrons. The maximum absolute atomic E-state index is 12.4. The quantitative estimate of drug-likeness (QED) is 0.757. The number of para-hydroxylation sites is 1. The van der Waals surface area contributed by atoms with Crippen molar-refractivity contribution in [3.63, 3.8) is 0 Å². The van der Waals surface area contributed by atoms with E-state index >= 15 is 0 Å². The molecule has 1 amide bonds. The van der Waals surface area contributed by atoms with Gasteiger partial charge in [-0.1, -0.05) is 29.5 Å². The number of amides is 1. The predicted octanol–water partition coefficient (Wildman–Crippen LogP) is 3.75. The van der Waals surface area contributed by atoms with Crippen molar-refractivity contribution < 1.29 is 4.79 Å². The lowest BCUT2D eigenvalue weighted by molar-refractivity contribution is 0.102. The second-order valence-corrected chi connectivity index (χ2v) is 6.02. The summed E-state index contributed by atoms with van der Waals surface area (Å²) in [7, 11) is 0. The summed E-state index contributed by atoms with van der Waals surface area (Å²) in [6.45, 7) is 3.96. The van der Waals surface area contributed by atoms with Crippen molar-refractivity contribution >= 4 is 38.3 Å². The molecule has 0 atom stereocenters. The Hall–Kier alpha value is -2.40. The average Bonchev–Trinajstić information content (AvgIpc) is 2.81. The van der Waals surface area contributed by atoms with Gasteiger partial charge in [0.05, 0.1) is 10.2 Å². The summed E-state index contributed by atoms with van der Waals surface area (Å²) in [6.07, 6.45) is 0. The topological polar surface area (TPSA) is 68.0 Å². The van der Waals surface area contributed by atoms with Gasteiger partial charge >= 0.3 is 0 Å². The maximum Gasteiger partial charge on any atom is 0.255 e. The van der Waals surface area contributed by atoms with Crippen molar-refractivity contribution in [2.24, 2.45) is 0 Å². The number of rotatable bonds is 2. The molecule has 106 valence electrons. The largest absolute Gasteiger partial charge is 0.375 e. The number of hydrogen-bond donors (Lipinski definition) is 2. The molecule has 3 rings (SSSR count). The van der Waals surface area contributed by atoms with Crippen LogP contribution < -0.4 is 11.1 Å². The normalized spacial score (nSPS) is 10.8. The van der Waals surface area contributed by atoms with Crippen LogP contribution in [0.3, 0.4) is 0 Å². The van der Waals surface area contributed by atoms with Gasteiger partial charge in [-0.05, 0) is 43.2 Å². The van der Waals surface area contributed by atoms with Crippen LogP contribution in [0.2, 0.25) is 0 Å². The van der Waals surface area contributed by atoms with Crippen molar-refractivity contribution in [3.8, 4) is 0 Å². The monoisotopic (exact) mass is 297 g/mol. The summed E-state index contributed by atoms with van der Waals surface area (Å²) in [5.74, 6) is -0.124. The molecule has 3 aromatic rings. The van der Waals surface area contributed by atoms with Crippen LogP contribution in [-0.2, 0) is 0 Å². The van der Waals surface area contributed by atoms with Gasteiger partial charge in [-0.25, -0.2) is 4.98 Å². The van der Waals surface area contributed by atoms with E-state index in [1.54, 1.807) is 6.07 Å². The van der Waals surface area contributed by atoms with Gasteiger partial charge in [-0.15, -0.1) is 0 Å². The van der Waals surface area contributed by atoms with Gasteiger partial charge in [-0.2, -0.15) is 0 Å². The zero-order valence-electron chi connectivity index (χ0n) is 11.8. The van der Waals surface area contributed by atoms with Gasteiger partial charge < -0.3 is 11.1 Å². The van der Waals surface area contributed by atoms with Gasteiger partial charge in [0.2, 0.25) is 0 Å². The first-order valence-corrected chi connectivity index (χ1v) is 7.40. The third-order valence-corrected chi connectivity index (χ3v) is 4.23. The number of aromatic nitrogens is 1. The number of carbonyl (C=O) groups excluding carboxylic acids is 1. The van der Waals surface area contributed by atoms with Crippen molar-refractivity contribution in [1.29, 1.82) is 0 Å². The van der Waals surface area contributed by atoms with E-state index < -0.39 is 0 Å². The van der Waals surface area contributed by atoms with E-state index in [4.69, 9.17) is 5.73 Å². The van der Waals surface area contributed by atoms with Crippen LogP contribution in [0.4, 0.5) is 10.8 Å². The summed E-state index contributed by atoms with van der Waals surface area (Å²) in [5.41, 5.74) is 10.1. The van der Waals surface area contributed by atoms with E-state index in [1.165, 1.54) is 11.3 Å². The molecule has 3 N–H and O–H groups in total. The van der Waals surface area contributed by atoms with Gasteiger partial charge in [0, 0.05) is 11.3 Å². The Morgan fingerprint density at radius 3 is 2.62 bits per heavy atom. The van der Waals surface area contributed by atoms with Crippen molar-refractivity contribution in [1.82, 2.24) is 4.98 Å². The van der Waals surface area contributed by atoms with Gasteiger partial charge in [-0.3, -0.25) is 4.79 Å². The van der Waals surface area contributed by atoms with Crippen molar-refractivity contribution in [2.45, 2.75) is 13.8 Å². The molecule has 2 aromatic carbocycles. The number of hydrogen-bond acceptors (Lipinski definition) is 4. The Morgan fingerprint density at radius 2 is 1.90 bits per heavy atom. The lowest BCUT2D eigenvalue weighted by Gasteiger charge is -2.11. The number of nitrogens with one attached hydrogen (secondary N) is 1. The molecule has 1 aromatic heterocycles. The molecule has 0 fully saturated rings. The molecule has 0 saturated heterocycles. The fourth-order valence-corrected chi connectivity index (χ4v) is 3.05. The van der Waals surface area contributed by atoms with Crippen LogP contribution in [0.5, 0.6) is 0 Å². The Balaban J connectivity index is 1.93. The average molecular weight is 297 g/mol. The minimum atomic E-state index is -0.124. The molecule has 0 saturated carbocycles. The van der Waals surface area contributed by atoms with Crippen LogP contribution in [0.25, 0.3) is 10.2 Å².